The fourth-order valence-corrected chi connectivity index (χ4v) is 1.74. The van der Waals surface area contributed by atoms with Crippen LogP contribution in [0.1, 0.15) is 17.9 Å². The van der Waals surface area contributed by atoms with Crippen molar-refractivity contribution in [3.8, 4) is 23.7 Å². The molecule has 0 saturated carbocycles. The summed E-state index contributed by atoms with van der Waals surface area (Å²) in [4.78, 5) is 15.6. The molecule has 0 saturated heterocycles. The normalized spacial score (nSPS) is 10.0. The molecule has 4 heteroatoms. The van der Waals surface area contributed by atoms with Gasteiger partial charge in [0, 0.05) is 18.4 Å². The third-order valence-electron chi connectivity index (χ3n) is 2.84. The third-order valence-corrected chi connectivity index (χ3v) is 2.84. The quantitative estimate of drug-likeness (QED) is 0.847. The number of aryl methyl sites for hydroxylation is 2. The highest BCUT2D eigenvalue weighted by Crippen LogP contribution is 2.21. The molecule has 1 N–H and O–H groups in total. The van der Waals surface area contributed by atoms with Gasteiger partial charge in [-0.05, 0) is 6.92 Å². The van der Waals surface area contributed by atoms with Gasteiger partial charge in [-0.3, -0.25) is 4.79 Å². The van der Waals surface area contributed by atoms with E-state index in [-0.39, 0.29) is 12.5 Å². The summed E-state index contributed by atoms with van der Waals surface area (Å²) in [5, 5.41) is 2.60. The van der Waals surface area contributed by atoms with E-state index in [4.69, 9.17) is 10.8 Å². The van der Waals surface area contributed by atoms with Crippen molar-refractivity contribution in [2.75, 3.05) is 6.54 Å². The minimum atomic E-state index is -0.0990. The minimum Gasteiger partial charge on any atom is -0.441 e. The predicted molar refractivity (Wildman–Crippen MR) is 76.8 cm³/mol. The van der Waals surface area contributed by atoms with Crippen LogP contribution in [0.15, 0.2) is 34.9 Å². The van der Waals surface area contributed by atoms with E-state index in [2.05, 4.69) is 16.2 Å². The number of nitrogens with zero attached hydrogens (tertiary/aromatic N) is 1. The lowest BCUT2D eigenvalue weighted by Crippen LogP contribution is -2.23. The number of aromatic nitrogens is 1. The van der Waals surface area contributed by atoms with E-state index < -0.39 is 0 Å². The molecule has 0 aliphatic carbocycles. The van der Waals surface area contributed by atoms with Crippen LogP contribution in [-0.4, -0.2) is 17.4 Å². The molecule has 0 aliphatic heterocycles. The topological polar surface area (TPSA) is 55.1 Å². The zero-order valence-electron chi connectivity index (χ0n) is 11.3. The molecule has 0 fully saturated rings. The lowest BCUT2D eigenvalue weighted by Gasteiger charge is -1.99. The Morgan fingerprint density at radius 1 is 1.40 bits per heavy atom. The Morgan fingerprint density at radius 2 is 2.15 bits per heavy atom. The number of hydrogen-bond donors (Lipinski definition) is 1. The van der Waals surface area contributed by atoms with Crippen LogP contribution in [-0.2, 0) is 11.2 Å². The number of terminal acetylenes is 1. The Kier molecular flexibility index (Phi) is 4.56. The highest BCUT2D eigenvalue weighted by Gasteiger charge is 2.08. The van der Waals surface area contributed by atoms with Gasteiger partial charge in [0.05, 0.1) is 12.7 Å². The fourth-order valence-electron chi connectivity index (χ4n) is 1.74. The fraction of sp³-hybridized carbons (Fsp3) is 0.250. The third kappa shape index (κ3) is 3.72. The summed E-state index contributed by atoms with van der Waals surface area (Å²) in [7, 11) is 0. The number of hydrogen-bond acceptors (Lipinski definition) is 3. The summed E-state index contributed by atoms with van der Waals surface area (Å²) < 4.78 is 5.63. The van der Waals surface area contributed by atoms with Crippen molar-refractivity contribution in [3.05, 3.63) is 41.9 Å². The van der Waals surface area contributed by atoms with Crippen molar-refractivity contribution >= 4 is 5.91 Å². The molecule has 0 atom stereocenters. The highest BCUT2D eigenvalue weighted by molar-refractivity contribution is 5.76. The molecule has 20 heavy (non-hydrogen) atoms. The molecule has 0 aliphatic rings. The van der Waals surface area contributed by atoms with Crippen LogP contribution >= 0.6 is 0 Å². The van der Waals surface area contributed by atoms with Gasteiger partial charge in [0.25, 0.3) is 0 Å². The Morgan fingerprint density at radius 3 is 2.85 bits per heavy atom. The Labute approximate surface area is 118 Å². The molecule has 0 bridgehead atoms. The van der Waals surface area contributed by atoms with Crippen molar-refractivity contribution in [1.29, 1.82) is 0 Å². The molecule has 1 heterocycles. The Hall–Kier alpha value is -2.54. The van der Waals surface area contributed by atoms with E-state index in [1.165, 1.54) is 5.56 Å². The summed E-state index contributed by atoms with van der Waals surface area (Å²) in [5.74, 6) is 3.52. The van der Waals surface area contributed by atoms with E-state index in [1.54, 1.807) is 6.20 Å². The van der Waals surface area contributed by atoms with Crippen LogP contribution in [0, 0.1) is 19.3 Å². The zero-order chi connectivity index (χ0) is 14.4. The molecule has 102 valence electrons. The first kappa shape index (κ1) is 13.9. The lowest BCUT2D eigenvalue weighted by atomic mass is 10.1. The van der Waals surface area contributed by atoms with E-state index in [9.17, 15) is 4.79 Å². The molecule has 2 rings (SSSR count). The van der Waals surface area contributed by atoms with Crippen molar-refractivity contribution in [3.63, 3.8) is 0 Å². The molecule has 0 unspecified atom stereocenters. The van der Waals surface area contributed by atoms with E-state index in [1.807, 2.05) is 31.2 Å². The molecule has 0 radical (unpaired) electrons. The van der Waals surface area contributed by atoms with Gasteiger partial charge in [-0.25, -0.2) is 4.98 Å². The number of carbonyl (C=O) groups is 1. The molecule has 1 amide bonds. The van der Waals surface area contributed by atoms with Crippen molar-refractivity contribution < 1.29 is 9.21 Å². The van der Waals surface area contributed by atoms with Gasteiger partial charge in [-0.15, -0.1) is 6.42 Å². The predicted octanol–water partition coefficient (Wildman–Crippen LogP) is 2.33. The summed E-state index contributed by atoms with van der Waals surface area (Å²) in [6, 6.07) is 8.01. The average Bonchev–Trinajstić information content (AvgIpc) is 2.92. The standard InChI is InChI=1S/C16H16N2O2/c1-3-10-17-15(19)8-9-16-18-11-14(20-16)13-6-4-12(2)5-7-13/h1,4-7,11H,8-10H2,2H3,(H,17,19). The highest BCUT2D eigenvalue weighted by atomic mass is 16.4. The molecule has 1 aromatic carbocycles. The first-order valence-corrected chi connectivity index (χ1v) is 6.41. The van der Waals surface area contributed by atoms with Gasteiger partial charge in [0.2, 0.25) is 5.91 Å². The van der Waals surface area contributed by atoms with Gasteiger partial charge >= 0.3 is 0 Å². The van der Waals surface area contributed by atoms with Crippen molar-refractivity contribution in [1.82, 2.24) is 10.3 Å². The zero-order valence-corrected chi connectivity index (χ0v) is 11.3. The second-order valence-electron chi connectivity index (χ2n) is 4.47. The average molecular weight is 268 g/mol. The summed E-state index contributed by atoms with van der Waals surface area (Å²) in [5.41, 5.74) is 2.17. The van der Waals surface area contributed by atoms with E-state index in [0.717, 1.165) is 5.56 Å². The minimum absolute atomic E-state index is 0.0990. The summed E-state index contributed by atoms with van der Waals surface area (Å²) >= 11 is 0. The maximum absolute atomic E-state index is 11.4. The number of rotatable bonds is 5. The summed E-state index contributed by atoms with van der Waals surface area (Å²) in [6.45, 7) is 2.28. The second-order valence-corrected chi connectivity index (χ2v) is 4.47. The maximum Gasteiger partial charge on any atom is 0.221 e. The smallest absolute Gasteiger partial charge is 0.221 e. The molecule has 4 nitrogen and oxygen atoms in total. The van der Waals surface area contributed by atoms with Gasteiger partial charge < -0.3 is 9.73 Å². The van der Waals surface area contributed by atoms with Gasteiger partial charge in [0.15, 0.2) is 11.7 Å². The number of benzene rings is 1. The number of oxazole rings is 1. The van der Waals surface area contributed by atoms with E-state index >= 15 is 0 Å². The largest absolute Gasteiger partial charge is 0.441 e. The monoisotopic (exact) mass is 268 g/mol. The van der Waals surface area contributed by atoms with Crippen LogP contribution in [0.5, 0.6) is 0 Å². The van der Waals surface area contributed by atoms with Crippen LogP contribution in [0.3, 0.4) is 0 Å². The number of amides is 1. The summed E-state index contributed by atoms with van der Waals surface area (Å²) in [6.07, 6.45) is 7.52. The molecule has 1 aromatic heterocycles. The van der Waals surface area contributed by atoms with Crippen LogP contribution in [0.25, 0.3) is 11.3 Å². The van der Waals surface area contributed by atoms with Crippen LogP contribution < -0.4 is 5.32 Å². The van der Waals surface area contributed by atoms with Crippen LogP contribution in [0.2, 0.25) is 0 Å². The Balaban J connectivity index is 1.94. The van der Waals surface area contributed by atoms with Crippen molar-refractivity contribution in [2.24, 2.45) is 0 Å². The SMILES string of the molecule is C#CCNC(=O)CCc1ncc(-c2ccc(C)cc2)o1. The number of nitrogens with one attached hydrogen (secondary N) is 1. The first-order valence-electron chi connectivity index (χ1n) is 6.41. The van der Waals surface area contributed by atoms with Gasteiger partial charge in [0.1, 0.15) is 0 Å². The van der Waals surface area contributed by atoms with Crippen molar-refractivity contribution in [2.45, 2.75) is 19.8 Å². The maximum atomic E-state index is 11.4. The molecular weight excluding hydrogens is 252 g/mol. The van der Waals surface area contributed by atoms with Crippen LogP contribution in [0.4, 0.5) is 0 Å². The lowest BCUT2D eigenvalue weighted by molar-refractivity contribution is -0.120. The molecule has 0 spiro atoms. The molecule has 2 aromatic rings. The van der Waals surface area contributed by atoms with E-state index in [0.29, 0.717) is 24.5 Å². The Bertz CT molecular complexity index is 621. The second kappa shape index (κ2) is 6.58. The molecular formula is C16H16N2O2. The number of carbonyl (C=O) groups excluding carboxylic acids is 1. The van der Waals surface area contributed by atoms with Gasteiger partial charge in [-0.1, -0.05) is 35.7 Å². The first-order chi connectivity index (χ1) is 9.69. The van der Waals surface area contributed by atoms with Gasteiger partial charge in [-0.2, -0.15) is 0 Å².